The number of para-hydroxylation sites is 1. The van der Waals surface area contributed by atoms with E-state index in [-0.39, 0.29) is 17.3 Å². The molecule has 10 heteroatoms. The second kappa shape index (κ2) is 8.56. The summed E-state index contributed by atoms with van der Waals surface area (Å²) >= 11 is 1.08. The number of ether oxygens (including phenoxy) is 1. The number of carbonyl (C=O) groups excluding carboxylic acids is 1. The smallest absolute Gasteiger partial charge is 0.416 e. The number of anilines is 1. The first-order chi connectivity index (χ1) is 13.7. The molecule has 1 amide bonds. The first-order valence-corrected chi connectivity index (χ1v) is 9.06. The van der Waals surface area contributed by atoms with Gasteiger partial charge in [-0.05, 0) is 29.8 Å². The van der Waals surface area contributed by atoms with Gasteiger partial charge in [0.2, 0.25) is 5.91 Å². The van der Waals surface area contributed by atoms with Gasteiger partial charge in [-0.2, -0.15) is 22.0 Å². The summed E-state index contributed by atoms with van der Waals surface area (Å²) in [6, 6.07) is 10.4. The molecule has 4 nitrogen and oxygen atoms in total. The van der Waals surface area contributed by atoms with Crippen molar-refractivity contribution in [2.75, 3.05) is 5.32 Å². The number of hydrogen-bond acceptors (Lipinski definition) is 4. The van der Waals surface area contributed by atoms with Gasteiger partial charge in [-0.1, -0.05) is 24.3 Å². The van der Waals surface area contributed by atoms with Crippen LogP contribution >= 0.6 is 11.3 Å². The van der Waals surface area contributed by atoms with E-state index >= 15 is 0 Å². The fourth-order valence-electron chi connectivity index (χ4n) is 2.49. The fraction of sp³-hybridized carbons (Fsp3) is 0.158. The molecule has 0 atom stereocenters. The Morgan fingerprint density at radius 3 is 2.45 bits per heavy atom. The largest absolute Gasteiger partial charge is 0.434 e. The van der Waals surface area contributed by atoms with Gasteiger partial charge in [-0.3, -0.25) is 4.79 Å². The van der Waals surface area contributed by atoms with Crippen molar-refractivity contribution in [2.45, 2.75) is 19.2 Å². The Labute approximate surface area is 166 Å². The van der Waals surface area contributed by atoms with E-state index < -0.39 is 24.3 Å². The molecule has 3 aromatic rings. The number of benzene rings is 2. The van der Waals surface area contributed by atoms with E-state index in [1.165, 1.54) is 18.2 Å². The molecule has 29 heavy (non-hydrogen) atoms. The zero-order chi connectivity index (χ0) is 21.0. The highest BCUT2D eigenvalue weighted by atomic mass is 32.1. The number of aromatic nitrogens is 1. The summed E-state index contributed by atoms with van der Waals surface area (Å²) in [7, 11) is 0. The third-order valence-electron chi connectivity index (χ3n) is 3.78. The van der Waals surface area contributed by atoms with Crippen LogP contribution in [0.25, 0.3) is 11.3 Å². The van der Waals surface area contributed by atoms with Crippen LogP contribution in [0.4, 0.5) is 27.1 Å². The van der Waals surface area contributed by atoms with Gasteiger partial charge in [0.1, 0.15) is 5.75 Å². The maximum atomic E-state index is 12.6. The lowest BCUT2D eigenvalue weighted by Gasteiger charge is -2.08. The molecule has 0 fully saturated rings. The molecule has 152 valence electrons. The predicted molar refractivity (Wildman–Crippen MR) is 98.0 cm³/mol. The Kier molecular flexibility index (Phi) is 6.12. The Morgan fingerprint density at radius 2 is 1.79 bits per heavy atom. The van der Waals surface area contributed by atoms with E-state index in [9.17, 15) is 26.7 Å². The molecule has 2 aromatic carbocycles. The number of amides is 1. The van der Waals surface area contributed by atoms with Gasteiger partial charge in [0.15, 0.2) is 5.13 Å². The second-order valence-corrected chi connectivity index (χ2v) is 6.69. The van der Waals surface area contributed by atoms with E-state index in [1.54, 1.807) is 23.6 Å². The molecule has 1 aromatic heterocycles. The van der Waals surface area contributed by atoms with Crippen molar-refractivity contribution in [3.8, 4) is 17.0 Å². The van der Waals surface area contributed by atoms with Crippen LogP contribution < -0.4 is 10.1 Å². The van der Waals surface area contributed by atoms with E-state index in [0.29, 0.717) is 16.8 Å². The van der Waals surface area contributed by atoms with Crippen LogP contribution in [-0.4, -0.2) is 17.5 Å². The Hall–Kier alpha value is -3.01. The molecule has 0 bridgehead atoms. The normalized spacial score (nSPS) is 11.5. The number of nitrogens with one attached hydrogen (secondary N) is 1. The zero-order valence-electron chi connectivity index (χ0n) is 14.5. The number of thiazole rings is 1. The quantitative estimate of drug-likeness (QED) is 0.519. The lowest BCUT2D eigenvalue weighted by Crippen LogP contribution is -2.14. The summed E-state index contributed by atoms with van der Waals surface area (Å²) in [5, 5.41) is 4.34. The highest BCUT2D eigenvalue weighted by Gasteiger charge is 2.30. The summed E-state index contributed by atoms with van der Waals surface area (Å²) in [5.74, 6) is -0.516. The van der Waals surface area contributed by atoms with E-state index in [2.05, 4.69) is 15.0 Å². The van der Waals surface area contributed by atoms with Crippen LogP contribution in [0, 0.1) is 0 Å². The minimum Gasteiger partial charge on any atom is -0.434 e. The number of nitrogens with zero attached hydrogens (tertiary/aromatic N) is 1. The standard InChI is InChI=1S/C19H13F5N2O2S/c20-17(21)28-15-4-2-1-3-13(15)14-10-29-18(25-14)26-16(27)9-11-5-7-12(8-6-11)19(22,23)24/h1-8,10,17H,9H2,(H,25,26,27). The summed E-state index contributed by atoms with van der Waals surface area (Å²) in [6.45, 7) is -2.99. The highest BCUT2D eigenvalue weighted by molar-refractivity contribution is 7.14. The van der Waals surface area contributed by atoms with Crippen LogP contribution in [-0.2, 0) is 17.4 Å². The lowest BCUT2D eigenvalue weighted by molar-refractivity contribution is -0.137. The Balaban J connectivity index is 1.67. The highest BCUT2D eigenvalue weighted by Crippen LogP contribution is 2.33. The molecule has 3 rings (SSSR count). The average molecular weight is 428 g/mol. The van der Waals surface area contributed by atoms with E-state index in [1.807, 2.05) is 0 Å². The Morgan fingerprint density at radius 1 is 1.10 bits per heavy atom. The van der Waals surface area contributed by atoms with Gasteiger partial charge < -0.3 is 10.1 Å². The average Bonchev–Trinajstić information content (AvgIpc) is 3.09. The van der Waals surface area contributed by atoms with Gasteiger partial charge in [-0.15, -0.1) is 11.3 Å². The van der Waals surface area contributed by atoms with Crippen LogP contribution in [0.15, 0.2) is 53.9 Å². The summed E-state index contributed by atoms with van der Waals surface area (Å²) in [5.41, 5.74) is 0.294. The molecule has 0 aliphatic carbocycles. The predicted octanol–water partition coefficient (Wildman–Crippen LogP) is 5.61. The van der Waals surface area contributed by atoms with Crippen LogP contribution in [0.5, 0.6) is 5.75 Å². The summed E-state index contributed by atoms with van der Waals surface area (Å²) < 4.78 is 67.2. The molecule has 0 saturated carbocycles. The number of halogens is 5. The number of hydrogen-bond donors (Lipinski definition) is 1. The number of alkyl halides is 5. The van der Waals surface area contributed by atoms with Crippen molar-refractivity contribution >= 4 is 22.4 Å². The zero-order valence-corrected chi connectivity index (χ0v) is 15.4. The van der Waals surface area contributed by atoms with E-state index in [0.717, 1.165) is 23.5 Å². The SMILES string of the molecule is O=C(Cc1ccc(C(F)(F)F)cc1)Nc1nc(-c2ccccc2OC(F)F)cs1. The molecule has 0 spiro atoms. The van der Waals surface area contributed by atoms with Crippen molar-refractivity contribution in [1.82, 2.24) is 4.98 Å². The van der Waals surface area contributed by atoms with Crippen molar-refractivity contribution < 1.29 is 31.5 Å². The van der Waals surface area contributed by atoms with E-state index in [4.69, 9.17) is 0 Å². The summed E-state index contributed by atoms with van der Waals surface area (Å²) in [4.78, 5) is 16.3. The molecule has 0 aliphatic rings. The van der Waals surface area contributed by atoms with Crippen molar-refractivity contribution in [1.29, 1.82) is 0 Å². The number of rotatable bonds is 6. The van der Waals surface area contributed by atoms with Gasteiger partial charge in [-0.25, -0.2) is 4.98 Å². The monoisotopic (exact) mass is 428 g/mol. The Bertz CT molecular complexity index is 987. The van der Waals surface area contributed by atoms with Gasteiger partial charge in [0, 0.05) is 10.9 Å². The first kappa shape index (κ1) is 20.7. The molecule has 1 N–H and O–H groups in total. The van der Waals surface area contributed by atoms with Crippen molar-refractivity contribution in [2.24, 2.45) is 0 Å². The van der Waals surface area contributed by atoms with Crippen LogP contribution in [0.2, 0.25) is 0 Å². The maximum Gasteiger partial charge on any atom is 0.416 e. The summed E-state index contributed by atoms with van der Waals surface area (Å²) in [6.07, 6.45) is -4.58. The van der Waals surface area contributed by atoms with Crippen LogP contribution in [0.3, 0.4) is 0 Å². The molecule has 0 aliphatic heterocycles. The fourth-order valence-corrected chi connectivity index (χ4v) is 3.22. The van der Waals surface area contributed by atoms with Gasteiger partial charge in [0.05, 0.1) is 17.7 Å². The number of carbonyl (C=O) groups is 1. The molecule has 0 saturated heterocycles. The minimum absolute atomic E-state index is 0.0459. The maximum absolute atomic E-state index is 12.6. The van der Waals surface area contributed by atoms with Gasteiger partial charge >= 0.3 is 12.8 Å². The van der Waals surface area contributed by atoms with Gasteiger partial charge in [0.25, 0.3) is 0 Å². The third kappa shape index (κ3) is 5.50. The van der Waals surface area contributed by atoms with Crippen LogP contribution in [0.1, 0.15) is 11.1 Å². The second-order valence-electron chi connectivity index (χ2n) is 5.83. The van der Waals surface area contributed by atoms with Crippen molar-refractivity contribution in [3.63, 3.8) is 0 Å². The molecular weight excluding hydrogens is 415 g/mol. The molecule has 0 radical (unpaired) electrons. The minimum atomic E-state index is -4.44. The third-order valence-corrected chi connectivity index (χ3v) is 4.53. The van der Waals surface area contributed by atoms with Crippen molar-refractivity contribution in [3.05, 3.63) is 65.0 Å². The molecule has 0 unspecified atom stereocenters. The first-order valence-electron chi connectivity index (χ1n) is 8.18. The molecular formula is C19H13F5N2O2S. The molecule has 1 heterocycles. The topological polar surface area (TPSA) is 51.2 Å². The lowest BCUT2D eigenvalue weighted by atomic mass is 10.1.